The topological polar surface area (TPSA) is 195 Å². The van der Waals surface area contributed by atoms with Crippen molar-refractivity contribution >= 4 is 41.4 Å². The largest absolute Gasteiger partial charge is 0.461 e. The minimum atomic E-state index is -1.63. The summed E-state index contributed by atoms with van der Waals surface area (Å²) in [5.74, 6) is -7.37. The molecule has 0 saturated carbocycles. The fourth-order valence-electron chi connectivity index (χ4n) is 7.72. The van der Waals surface area contributed by atoms with E-state index in [1.807, 2.05) is 13.8 Å². The maximum Gasteiger partial charge on any atom is 0.328 e. The molecule has 0 radical (unpaired) electrons. The van der Waals surface area contributed by atoms with Gasteiger partial charge in [0.15, 0.2) is 0 Å². The van der Waals surface area contributed by atoms with Gasteiger partial charge in [0.25, 0.3) is 0 Å². The zero-order chi connectivity index (χ0) is 41.7. The van der Waals surface area contributed by atoms with Crippen molar-refractivity contribution in [3.05, 3.63) is 70.8 Å². The van der Waals surface area contributed by atoms with Crippen molar-refractivity contribution in [2.45, 2.75) is 102 Å². The Morgan fingerprint density at radius 2 is 1.61 bits per heavy atom. The fraction of sp³-hybridized carbons (Fsp3) is 0.525. The molecule has 8 atom stereocenters. The molecule has 6 amide bonds. The number of hydrogen-bond donors (Lipinski definition) is 4. The van der Waals surface area contributed by atoms with E-state index < -0.39 is 108 Å². The number of esters is 1. The SMILES string of the molecule is Cc1ccc(CC(=O)N[C@@H](Cc2cc(F)cc(F)c2)C(=O)N[C@H]2COC(=O)[C@@H]3C[C@@H](C)CN3C(=O)[C@H](C)NC(=O)C([C@@H](C)O)N(C)C(=O)[C@@H]3CCCN3C2=O)cc1. The number of nitrogens with one attached hydrogen (secondary N) is 3. The molecule has 2 aromatic carbocycles. The molecule has 0 aromatic heterocycles. The van der Waals surface area contributed by atoms with Gasteiger partial charge < -0.3 is 40.5 Å². The highest BCUT2D eigenvalue weighted by atomic mass is 19.1. The molecule has 3 saturated heterocycles. The molecule has 4 N–H and O–H groups in total. The van der Waals surface area contributed by atoms with Crippen LogP contribution in [0.15, 0.2) is 42.5 Å². The molecule has 5 rings (SSSR count). The number of ether oxygens (including phenoxy) is 1. The molecule has 3 heterocycles. The van der Waals surface area contributed by atoms with Gasteiger partial charge in [-0.1, -0.05) is 36.8 Å². The normalized spacial score (nSPS) is 26.0. The highest BCUT2D eigenvalue weighted by Gasteiger charge is 2.45. The Hall–Kier alpha value is -5.45. The summed E-state index contributed by atoms with van der Waals surface area (Å²) in [5.41, 5.74) is 1.61. The average molecular weight is 797 g/mol. The number of amides is 6. The van der Waals surface area contributed by atoms with E-state index in [1.165, 1.54) is 30.7 Å². The maximum atomic E-state index is 14.4. The Kier molecular flexibility index (Phi) is 13.6. The lowest BCUT2D eigenvalue weighted by Gasteiger charge is -2.36. The number of carbonyl (C=O) groups is 7. The predicted octanol–water partition coefficient (Wildman–Crippen LogP) is 0.525. The van der Waals surface area contributed by atoms with Crippen molar-refractivity contribution in [1.29, 1.82) is 0 Å². The van der Waals surface area contributed by atoms with Crippen LogP contribution in [0.2, 0.25) is 0 Å². The number of carbonyl (C=O) groups excluding carboxylic acids is 7. The smallest absolute Gasteiger partial charge is 0.328 e. The van der Waals surface area contributed by atoms with Crippen LogP contribution in [0.25, 0.3) is 0 Å². The first-order valence-electron chi connectivity index (χ1n) is 19.1. The van der Waals surface area contributed by atoms with E-state index in [1.54, 1.807) is 24.3 Å². The lowest BCUT2D eigenvalue weighted by molar-refractivity contribution is -0.158. The van der Waals surface area contributed by atoms with Gasteiger partial charge in [-0.2, -0.15) is 0 Å². The van der Waals surface area contributed by atoms with Crippen LogP contribution in [0.4, 0.5) is 8.78 Å². The number of likely N-dealkylation sites (N-methyl/N-ethyl adjacent to an activating group) is 1. The fourth-order valence-corrected chi connectivity index (χ4v) is 7.72. The van der Waals surface area contributed by atoms with E-state index in [2.05, 4.69) is 16.0 Å². The van der Waals surface area contributed by atoms with E-state index in [0.29, 0.717) is 18.1 Å². The molecule has 15 nitrogen and oxygen atoms in total. The Morgan fingerprint density at radius 1 is 0.947 bits per heavy atom. The minimum Gasteiger partial charge on any atom is -0.461 e. The Morgan fingerprint density at radius 3 is 2.26 bits per heavy atom. The summed E-state index contributed by atoms with van der Waals surface area (Å²) in [5, 5.41) is 18.4. The number of hydrogen-bond acceptors (Lipinski definition) is 9. The highest BCUT2D eigenvalue weighted by molar-refractivity contribution is 5.98. The van der Waals surface area contributed by atoms with Crippen LogP contribution in [0.3, 0.4) is 0 Å². The molecular formula is C40H50F2N6O9. The third-order valence-electron chi connectivity index (χ3n) is 10.6. The monoisotopic (exact) mass is 796 g/mol. The molecule has 57 heavy (non-hydrogen) atoms. The predicted molar refractivity (Wildman–Crippen MR) is 200 cm³/mol. The number of aliphatic hydroxyl groups is 1. The van der Waals surface area contributed by atoms with E-state index in [0.717, 1.165) is 22.6 Å². The second-order valence-corrected chi connectivity index (χ2v) is 15.4. The van der Waals surface area contributed by atoms with Crippen molar-refractivity contribution in [2.24, 2.45) is 5.92 Å². The number of aliphatic hydroxyl groups excluding tert-OH is 1. The molecule has 3 fully saturated rings. The lowest BCUT2D eigenvalue weighted by atomic mass is 10.0. The van der Waals surface area contributed by atoms with Crippen LogP contribution in [0, 0.1) is 24.5 Å². The molecule has 0 aliphatic carbocycles. The first kappa shape index (κ1) is 42.7. The Labute approximate surface area is 329 Å². The number of aryl methyl sites for hydroxylation is 1. The number of benzene rings is 2. The molecule has 0 spiro atoms. The van der Waals surface area contributed by atoms with E-state index >= 15 is 0 Å². The number of rotatable bonds is 8. The summed E-state index contributed by atoms with van der Waals surface area (Å²) >= 11 is 0. The van der Waals surface area contributed by atoms with E-state index in [9.17, 15) is 47.4 Å². The molecule has 2 aromatic rings. The van der Waals surface area contributed by atoms with Gasteiger partial charge in [0.2, 0.25) is 35.4 Å². The molecule has 3 aliphatic rings. The van der Waals surface area contributed by atoms with Gasteiger partial charge in [0.1, 0.15) is 54.5 Å². The summed E-state index contributed by atoms with van der Waals surface area (Å²) in [4.78, 5) is 100. The number of cyclic esters (lactones) is 1. The molecular weight excluding hydrogens is 746 g/mol. The summed E-state index contributed by atoms with van der Waals surface area (Å²) in [6.45, 7) is 5.90. The van der Waals surface area contributed by atoms with Gasteiger partial charge in [-0.15, -0.1) is 0 Å². The number of nitrogens with zero attached hydrogens (tertiary/aromatic N) is 3. The summed E-state index contributed by atoms with van der Waals surface area (Å²) in [6, 6.07) is 1.77. The average Bonchev–Trinajstić information content (AvgIpc) is 3.79. The molecule has 0 bridgehead atoms. The van der Waals surface area contributed by atoms with Crippen LogP contribution >= 0.6 is 0 Å². The maximum absolute atomic E-state index is 14.4. The van der Waals surface area contributed by atoms with Crippen LogP contribution in [-0.2, 0) is 51.1 Å². The van der Waals surface area contributed by atoms with Crippen LogP contribution in [-0.4, -0.2) is 130 Å². The van der Waals surface area contributed by atoms with Crippen molar-refractivity contribution in [3.8, 4) is 0 Å². The Balaban J connectivity index is 1.48. The third kappa shape index (κ3) is 10.3. The summed E-state index contributed by atoms with van der Waals surface area (Å²) in [6.07, 6.45) is -1.21. The summed E-state index contributed by atoms with van der Waals surface area (Å²) < 4.78 is 34.2. The minimum absolute atomic E-state index is 0.0262. The second kappa shape index (κ2) is 18.2. The summed E-state index contributed by atoms with van der Waals surface area (Å²) in [7, 11) is 1.30. The van der Waals surface area contributed by atoms with Gasteiger partial charge >= 0.3 is 5.97 Å². The van der Waals surface area contributed by atoms with Crippen LogP contribution < -0.4 is 16.0 Å². The first-order chi connectivity index (χ1) is 26.9. The van der Waals surface area contributed by atoms with Crippen molar-refractivity contribution in [2.75, 3.05) is 26.7 Å². The standard InChI is InChI=1S/C40H50F2N6O9/c1-21-8-10-25(11-9-21)17-33(50)44-29(16-26-14-27(41)18-28(42)15-26)35(51)45-30-20-57-40(56)32-13-22(2)19-48(32)37(53)23(3)43-36(52)34(24(4)49)46(5)39(55)31-7-6-12-47(31)38(30)54/h8-11,14-15,18,22-24,29-32,34,49H,6-7,12-13,16-17,19-20H2,1-5H3,(H,43,52)(H,44,50)(H,45,51)/t22-,23+,24-,29+,30+,31+,32+,34?/m1/s1. The lowest BCUT2D eigenvalue weighted by Crippen LogP contribution is -2.62. The molecule has 308 valence electrons. The van der Waals surface area contributed by atoms with Crippen LogP contribution in [0.5, 0.6) is 0 Å². The first-order valence-corrected chi connectivity index (χ1v) is 19.1. The zero-order valence-electron chi connectivity index (χ0n) is 32.6. The van der Waals surface area contributed by atoms with Crippen LogP contribution in [0.1, 0.15) is 56.7 Å². The second-order valence-electron chi connectivity index (χ2n) is 15.4. The quantitative estimate of drug-likeness (QED) is 0.276. The number of halogens is 2. The molecule has 3 aliphatic heterocycles. The highest BCUT2D eigenvalue weighted by Crippen LogP contribution is 2.26. The molecule has 17 heteroatoms. The van der Waals surface area contributed by atoms with Crippen molar-refractivity contribution in [3.63, 3.8) is 0 Å². The van der Waals surface area contributed by atoms with Gasteiger partial charge in [-0.3, -0.25) is 28.8 Å². The zero-order valence-corrected chi connectivity index (χ0v) is 32.6. The Bertz CT molecular complexity index is 1860. The van der Waals surface area contributed by atoms with Gasteiger partial charge in [0.05, 0.1) is 12.5 Å². The van der Waals surface area contributed by atoms with E-state index in [4.69, 9.17) is 4.74 Å². The third-order valence-corrected chi connectivity index (χ3v) is 10.6. The number of fused-ring (bicyclic) bond motifs is 2. The van der Waals surface area contributed by atoms with E-state index in [-0.39, 0.29) is 43.8 Å². The van der Waals surface area contributed by atoms with Gasteiger partial charge in [-0.05, 0) is 69.2 Å². The van der Waals surface area contributed by atoms with Gasteiger partial charge in [-0.25, -0.2) is 13.6 Å². The van der Waals surface area contributed by atoms with Gasteiger partial charge in [0, 0.05) is 32.6 Å². The molecule has 1 unspecified atom stereocenters. The van der Waals surface area contributed by atoms with Crippen molar-refractivity contribution < 1.29 is 52.2 Å². The van der Waals surface area contributed by atoms with Crippen molar-refractivity contribution in [1.82, 2.24) is 30.7 Å².